The van der Waals surface area contributed by atoms with E-state index in [4.69, 9.17) is 23.4 Å². The number of furan rings is 1. The normalized spacial score (nSPS) is 17.7. The Morgan fingerprint density at radius 2 is 1.79 bits per heavy atom. The van der Waals surface area contributed by atoms with Crippen molar-refractivity contribution in [1.29, 1.82) is 0 Å². The van der Waals surface area contributed by atoms with Crippen molar-refractivity contribution in [2.75, 3.05) is 60.2 Å². The van der Waals surface area contributed by atoms with Crippen LogP contribution in [0.2, 0.25) is 0 Å². The molecular formula is C32H38N2O8. The number of ether oxygens (including phenoxy) is 4. The molecule has 42 heavy (non-hydrogen) atoms. The van der Waals surface area contributed by atoms with Gasteiger partial charge in [-0.05, 0) is 36.2 Å². The highest BCUT2D eigenvalue weighted by molar-refractivity contribution is 6.16. The van der Waals surface area contributed by atoms with E-state index in [9.17, 15) is 14.7 Å². The lowest BCUT2D eigenvalue weighted by molar-refractivity contribution is -0.129. The molecule has 0 spiro atoms. The number of Topliss-reactive ketones (excluding diaryl/α,β-unsaturated/α-hetero) is 1. The van der Waals surface area contributed by atoms with Crippen LogP contribution in [0.5, 0.6) is 17.2 Å². The van der Waals surface area contributed by atoms with Crippen LogP contribution < -0.4 is 14.2 Å². The molecule has 1 amide bonds. The van der Waals surface area contributed by atoms with Crippen LogP contribution in [0.25, 0.3) is 11.0 Å². The van der Waals surface area contributed by atoms with Gasteiger partial charge in [0.25, 0.3) is 5.91 Å². The number of amides is 1. The number of morpholine rings is 1. The minimum Gasteiger partial charge on any atom is -0.503 e. The fourth-order valence-corrected chi connectivity index (χ4v) is 5.49. The Hall–Kier alpha value is -4.02. The SMILES string of the molecule is CCCCCOc1ccc(C2C(C(=O)c3cc4cccc(OC)c4o3)=C(O)C(=O)N2CCN2CCOCC2)cc1OC. The first-order chi connectivity index (χ1) is 20.5. The molecule has 1 fully saturated rings. The number of ketones is 1. The lowest BCUT2D eigenvalue weighted by atomic mass is 9.94. The Kier molecular flexibility index (Phi) is 9.34. The fraction of sp³-hybridized carbons (Fsp3) is 0.438. The second-order valence-corrected chi connectivity index (χ2v) is 10.4. The molecule has 2 aliphatic rings. The Balaban J connectivity index is 1.50. The van der Waals surface area contributed by atoms with Crippen LogP contribution in [-0.2, 0) is 9.53 Å². The summed E-state index contributed by atoms with van der Waals surface area (Å²) in [6.07, 6.45) is 3.07. The number of fused-ring (bicyclic) bond motifs is 1. The molecule has 3 heterocycles. The van der Waals surface area contributed by atoms with Crippen molar-refractivity contribution in [1.82, 2.24) is 9.80 Å². The molecule has 1 atom stereocenters. The Morgan fingerprint density at radius 1 is 1.00 bits per heavy atom. The maximum atomic E-state index is 14.0. The number of aliphatic hydroxyl groups excluding tert-OH is 1. The van der Waals surface area contributed by atoms with Crippen LogP contribution in [0.3, 0.4) is 0 Å². The third kappa shape index (κ3) is 5.96. The van der Waals surface area contributed by atoms with Gasteiger partial charge < -0.3 is 33.4 Å². The number of hydrogen-bond acceptors (Lipinski definition) is 9. The van der Waals surface area contributed by atoms with E-state index in [0.717, 1.165) is 32.4 Å². The van der Waals surface area contributed by atoms with Gasteiger partial charge in [-0.15, -0.1) is 0 Å². The summed E-state index contributed by atoms with van der Waals surface area (Å²) in [7, 11) is 3.07. The van der Waals surface area contributed by atoms with Crippen molar-refractivity contribution < 1.29 is 38.1 Å². The summed E-state index contributed by atoms with van der Waals surface area (Å²) in [4.78, 5) is 31.3. The average molecular weight is 579 g/mol. The number of carbonyl (C=O) groups is 2. The first-order valence-corrected chi connectivity index (χ1v) is 14.4. The zero-order valence-corrected chi connectivity index (χ0v) is 24.4. The van der Waals surface area contributed by atoms with E-state index in [0.29, 0.717) is 66.7 Å². The molecule has 1 unspecified atom stereocenters. The van der Waals surface area contributed by atoms with E-state index in [1.807, 2.05) is 12.1 Å². The van der Waals surface area contributed by atoms with Crippen molar-refractivity contribution in [3.05, 3.63) is 65.1 Å². The molecule has 0 radical (unpaired) electrons. The molecule has 3 aromatic rings. The van der Waals surface area contributed by atoms with Gasteiger partial charge in [-0.25, -0.2) is 0 Å². The van der Waals surface area contributed by atoms with Gasteiger partial charge in [0.2, 0.25) is 5.78 Å². The van der Waals surface area contributed by atoms with Gasteiger partial charge >= 0.3 is 0 Å². The molecule has 10 nitrogen and oxygen atoms in total. The molecule has 2 aliphatic heterocycles. The summed E-state index contributed by atoms with van der Waals surface area (Å²) in [5.41, 5.74) is 0.988. The number of hydrogen-bond donors (Lipinski definition) is 1. The van der Waals surface area contributed by atoms with E-state index in [1.165, 1.54) is 12.0 Å². The van der Waals surface area contributed by atoms with Crippen LogP contribution in [-0.4, -0.2) is 86.8 Å². The number of rotatable bonds is 13. The molecular weight excluding hydrogens is 540 g/mol. The Labute approximate surface area is 245 Å². The van der Waals surface area contributed by atoms with Gasteiger partial charge in [0.1, 0.15) is 0 Å². The van der Waals surface area contributed by atoms with Gasteiger partial charge in [0.05, 0.1) is 45.7 Å². The van der Waals surface area contributed by atoms with E-state index in [2.05, 4.69) is 11.8 Å². The second-order valence-electron chi connectivity index (χ2n) is 10.4. The van der Waals surface area contributed by atoms with Crippen molar-refractivity contribution in [2.24, 2.45) is 0 Å². The standard InChI is InChI=1S/C32H38N2O8/c1-4-5-6-16-41-23-11-10-21(19-25(23)39-3)28-27(29(35)26-20-22-8-7-9-24(38-2)31(22)42-26)30(36)32(37)34(28)13-12-33-14-17-40-18-15-33/h7-11,19-20,28,36H,4-6,12-18H2,1-3H3. The molecule has 1 aromatic heterocycles. The summed E-state index contributed by atoms with van der Waals surface area (Å²) < 4.78 is 28.4. The highest BCUT2D eigenvalue weighted by Gasteiger charge is 2.45. The maximum absolute atomic E-state index is 14.0. The maximum Gasteiger partial charge on any atom is 0.290 e. The fourth-order valence-electron chi connectivity index (χ4n) is 5.49. The second kappa shape index (κ2) is 13.3. The molecule has 1 N–H and O–H groups in total. The van der Waals surface area contributed by atoms with Crippen LogP contribution in [0, 0.1) is 0 Å². The number of benzene rings is 2. The first kappa shape index (κ1) is 29.5. The van der Waals surface area contributed by atoms with E-state index < -0.39 is 23.5 Å². The van der Waals surface area contributed by atoms with E-state index in [1.54, 1.807) is 37.4 Å². The molecule has 2 aromatic carbocycles. The molecule has 0 aliphatic carbocycles. The molecule has 0 saturated carbocycles. The van der Waals surface area contributed by atoms with Crippen LogP contribution in [0.15, 0.2) is 58.2 Å². The Bertz CT molecular complexity index is 1460. The number of para-hydroxylation sites is 1. The van der Waals surface area contributed by atoms with E-state index in [-0.39, 0.29) is 11.3 Å². The number of methoxy groups -OCH3 is 2. The van der Waals surface area contributed by atoms with Crippen LogP contribution in [0.4, 0.5) is 0 Å². The first-order valence-electron chi connectivity index (χ1n) is 14.4. The highest BCUT2D eigenvalue weighted by Crippen LogP contribution is 2.42. The largest absolute Gasteiger partial charge is 0.503 e. The van der Waals surface area contributed by atoms with Gasteiger partial charge in [-0.3, -0.25) is 14.5 Å². The number of unbranched alkanes of at least 4 members (excludes halogenated alkanes) is 2. The molecule has 224 valence electrons. The van der Waals surface area contributed by atoms with E-state index >= 15 is 0 Å². The summed E-state index contributed by atoms with van der Waals surface area (Å²) in [5, 5.41) is 11.8. The molecule has 1 saturated heterocycles. The summed E-state index contributed by atoms with van der Waals surface area (Å²) >= 11 is 0. The summed E-state index contributed by atoms with van der Waals surface area (Å²) in [6.45, 7) is 6.29. The lowest BCUT2D eigenvalue weighted by Gasteiger charge is -2.31. The minimum atomic E-state index is -0.857. The van der Waals surface area contributed by atoms with Crippen molar-refractivity contribution in [3.8, 4) is 17.2 Å². The number of aliphatic hydroxyl groups is 1. The average Bonchev–Trinajstić information content (AvgIpc) is 3.57. The quantitative estimate of drug-likeness (QED) is 0.223. The number of carbonyl (C=O) groups excluding carboxylic acids is 2. The summed E-state index contributed by atoms with van der Waals surface area (Å²) in [6, 6.07) is 11.5. The van der Waals surface area contributed by atoms with Crippen molar-refractivity contribution >= 4 is 22.7 Å². The number of nitrogens with zero attached hydrogens (tertiary/aromatic N) is 2. The predicted octanol–water partition coefficient (Wildman–Crippen LogP) is 4.93. The van der Waals surface area contributed by atoms with Crippen LogP contribution >= 0.6 is 0 Å². The summed E-state index contributed by atoms with van der Waals surface area (Å²) in [5.74, 6) is -0.218. The lowest BCUT2D eigenvalue weighted by Crippen LogP contribution is -2.43. The topological polar surface area (TPSA) is 111 Å². The van der Waals surface area contributed by atoms with Crippen molar-refractivity contribution in [2.45, 2.75) is 32.2 Å². The molecule has 0 bridgehead atoms. The zero-order chi connectivity index (χ0) is 29.6. The van der Waals surface area contributed by atoms with Crippen molar-refractivity contribution in [3.63, 3.8) is 0 Å². The smallest absolute Gasteiger partial charge is 0.290 e. The molecule has 10 heteroatoms. The van der Waals surface area contributed by atoms with Gasteiger partial charge in [0, 0.05) is 31.6 Å². The minimum absolute atomic E-state index is 0.00622. The third-order valence-corrected chi connectivity index (χ3v) is 7.77. The van der Waals surface area contributed by atoms with Gasteiger partial charge in [-0.2, -0.15) is 0 Å². The highest BCUT2D eigenvalue weighted by atomic mass is 16.5. The predicted molar refractivity (Wildman–Crippen MR) is 156 cm³/mol. The van der Waals surface area contributed by atoms with Gasteiger partial charge in [0.15, 0.2) is 34.4 Å². The Morgan fingerprint density at radius 3 is 2.52 bits per heavy atom. The molecule has 5 rings (SSSR count). The third-order valence-electron chi connectivity index (χ3n) is 7.77. The monoisotopic (exact) mass is 578 g/mol. The zero-order valence-electron chi connectivity index (χ0n) is 24.4. The van der Waals surface area contributed by atoms with Gasteiger partial charge in [-0.1, -0.05) is 38.0 Å². The van der Waals surface area contributed by atoms with Crippen LogP contribution in [0.1, 0.15) is 48.3 Å².